The lowest BCUT2D eigenvalue weighted by Crippen LogP contribution is -2.45. The summed E-state index contributed by atoms with van der Waals surface area (Å²) < 4.78 is 11.7. The predicted octanol–water partition coefficient (Wildman–Crippen LogP) is 5.18. The Morgan fingerprint density at radius 3 is 2.19 bits per heavy atom. The molecule has 0 radical (unpaired) electrons. The van der Waals surface area contributed by atoms with E-state index in [1.54, 1.807) is 0 Å². The first-order chi connectivity index (χ1) is 14.7. The molecule has 7 heteroatoms. The highest BCUT2D eigenvalue weighted by Crippen LogP contribution is 2.19. The van der Waals surface area contributed by atoms with Crippen molar-refractivity contribution >= 4 is 24.2 Å². The molecule has 1 N–H and O–H groups in total. The summed E-state index contributed by atoms with van der Waals surface area (Å²) in [5.41, 5.74) is 0.712. The number of piperidine rings is 2. The summed E-state index contributed by atoms with van der Waals surface area (Å²) in [6, 6.07) is 7.55. The van der Waals surface area contributed by atoms with Gasteiger partial charge >= 0.3 is 6.09 Å². The molecule has 6 nitrogen and oxygen atoms in total. The van der Waals surface area contributed by atoms with Crippen molar-refractivity contribution in [1.82, 2.24) is 9.80 Å². The number of unbranched alkanes of at least 4 members (excludes halogenated alkanes) is 1. The molecular weight excluding hydrogens is 414 g/mol. The molecule has 1 aromatic rings. The molecule has 0 spiro atoms. The number of rotatable bonds is 10. The van der Waals surface area contributed by atoms with Crippen molar-refractivity contribution in [3.8, 4) is 5.75 Å². The first kappa shape index (κ1) is 25.8. The summed E-state index contributed by atoms with van der Waals surface area (Å²) in [6.07, 6.45) is 9.23. The molecule has 0 unspecified atom stereocenters. The van der Waals surface area contributed by atoms with Crippen molar-refractivity contribution in [1.29, 1.82) is 0 Å². The smallest absolute Gasteiger partial charge is 0.411 e. The molecule has 2 heterocycles. The third-order valence-electron chi connectivity index (χ3n) is 5.94. The van der Waals surface area contributed by atoms with E-state index in [1.807, 2.05) is 24.3 Å². The highest BCUT2D eigenvalue weighted by molar-refractivity contribution is 5.85. The van der Waals surface area contributed by atoms with Gasteiger partial charge < -0.3 is 9.47 Å². The second-order valence-corrected chi connectivity index (χ2v) is 8.60. The standard InChI is InChI=1S/C24H39N3O3.ClH/c1-2-3-17-29-22-12-10-11-21(18-22)25-24(28)30-23(19-26-13-6-4-7-14-26)20-27-15-8-5-9-16-27;/h10-12,18,23H,2-9,13-17,19-20H2,1H3,(H,25,28);1H. The van der Waals surface area contributed by atoms with Gasteiger partial charge in [0.25, 0.3) is 0 Å². The Morgan fingerprint density at radius 1 is 1.00 bits per heavy atom. The van der Waals surface area contributed by atoms with E-state index in [0.717, 1.165) is 57.9 Å². The van der Waals surface area contributed by atoms with Gasteiger partial charge in [0.1, 0.15) is 11.9 Å². The van der Waals surface area contributed by atoms with E-state index in [-0.39, 0.29) is 24.6 Å². The maximum absolute atomic E-state index is 12.7. The summed E-state index contributed by atoms with van der Waals surface area (Å²) in [7, 11) is 0. The number of ether oxygens (including phenoxy) is 2. The molecule has 0 bridgehead atoms. The van der Waals surface area contributed by atoms with Gasteiger partial charge in [-0.15, -0.1) is 12.4 Å². The van der Waals surface area contributed by atoms with Crippen LogP contribution in [-0.4, -0.2) is 67.9 Å². The lowest BCUT2D eigenvalue weighted by atomic mass is 10.1. The van der Waals surface area contributed by atoms with Crippen LogP contribution in [0.2, 0.25) is 0 Å². The number of nitrogens with zero attached hydrogens (tertiary/aromatic N) is 2. The number of likely N-dealkylation sites (tertiary alicyclic amines) is 2. The quantitative estimate of drug-likeness (QED) is 0.495. The number of hydrogen-bond donors (Lipinski definition) is 1. The Kier molecular flexibility index (Phi) is 12.1. The van der Waals surface area contributed by atoms with Crippen molar-refractivity contribution in [2.24, 2.45) is 0 Å². The fourth-order valence-corrected chi connectivity index (χ4v) is 4.29. The molecule has 2 aliphatic heterocycles. The Bertz CT molecular complexity index is 614. The van der Waals surface area contributed by atoms with Crippen LogP contribution in [0.15, 0.2) is 24.3 Å². The summed E-state index contributed by atoms with van der Waals surface area (Å²) in [4.78, 5) is 17.6. The molecule has 0 atom stereocenters. The van der Waals surface area contributed by atoms with Gasteiger partial charge in [0, 0.05) is 24.8 Å². The largest absolute Gasteiger partial charge is 0.494 e. The first-order valence-electron chi connectivity index (χ1n) is 11.9. The van der Waals surface area contributed by atoms with Gasteiger partial charge in [-0.25, -0.2) is 4.79 Å². The van der Waals surface area contributed by atoms with E-state index in [1.165, 1.54) is 38.5 Å². The minimum Gasteiger partial charge on any atom is -0.494 e. The highest BCUT2D eigenvalue weighted by atomic mass is 35.5. The summed E-state index contributed by atoms with van der Waals surface area (Å²) in [5, 5.41) is 2.90. The SMILES string of the molecule is CCCCOc1cccc(NC(=O)OC(CN2CCCCC2)CN2CCCCC2)c1.Cl. The van der Waals surface area contributed by atoms with E-state index < -0.39 is 0 Å². The fourth-order valence-electron chi connectivity index (χ4n) is 4.29. The second kappa shape index (κ2) is 14.5. The number of halogens is 1. The van der Waals surface area contributed by atoms with Crippen molar-refractivity contribution in [3.05, 3.63) is 24.3 Å². The van der Waals surface area contributed by atoms with E-state index in [9.17, 15) is 4.79 Å². The molecular formula is C24H40ClN3O3. The average Bonchev–Trinajstić information content (AvgIpc) is 2.75. The topological polar surface area (TPSA) is 54.0 Å². The van der Waals surface area contributed by atoms with Gasteiger partial charge in [0.15, 0.2) is 0 Å². The van der Waals surface area contributed by atoms with Gasteiger partial charge in [-0.1, -0.05) is 32.3 Å². The molecule has 1 aromatic carbocycles. The van der Waals surface area contributed by atoms with Crippen molar-refractivity contribution in [2.45, 2.75) is 64.4 Å². The van der Waals surface area contributed by atoms with Gasteiger partial charge in [0.05, 0.1) is 6.61 Å². The van der Waals surface area contributed by atoms with Crippen LogP contribution in [0.1, 0.15) is 58.3 Å². The number of carbonyl (C=O) groups is 1. The van der Waals surface area contributed by atoms with E-state index in [4.69, 9.17) is 9.47 Å². The Morgan fingerprint density at radius 2 is 1.61 bits per heavy atom. The number of hydrogen-bond acceptors (Lipinski definition) is 5. The maximum Gasteiger partial charge on any atom is 0.411 e. The van der Waals surface area contributed by atoms with Crippen molar-refractivity contribution < 1.29 is 14.3 Å². The molecule has 31 heavy (non-hydrogen) atoms. The van der Waals surface area contributed by atoms with Crippen LogP contribution in [0, 0.1) is 0 Å². The van der Waals surface area contributed by atoms with Crippen LogP contribution in [-0.2, 0) is 4.74 Å². The molecule has 2 saturated heterocycles. The zero-order valence-electron chi connectivity index (χ0n) is 19.0. The molecule has 0 aliphatic carbocycles. The highest BCUT2D eigenvalue weighted by Gasteiger charge is 2.23. The van der Waals surface area contributed by atoms with Crippen LogP contribution >= 0.6 is 12.4 Å². The normalized spacial score (nSPS) is 17.7. The molecule has 1 amide bonds. The average molecular weight is 454 g/mol. The van der Waals surface area contributed by atoms with Crippen LogP contribution in [0.4, 0.5) is 10.5 Å². The summed E-state index contributed by atoms with van der Waals surface area (Å²) in [6.45, 7) is 8.92. The summed E-state index contributed by atoms with van der Waals surface area (Å²) >= 11 is 0. The minimum atomic E-state index is -0.375. The van der Waals surface area contributed by atoms with Crippen LogP contribution in [0.5, 0.6) is 5.75 Å². The van der Waals surface area contributed by atoms with E-state index in [0.29, 0.717) is 12.3 Å². The van der Waals surface area contributed by atoms with Gasteiger partial charge in [-0.2, -0.15) is 0 Å². The fraction of sp³-hybridized carbons (Fsp3) is 0.708. The van der Waals surface area contributed by atoms with E-state index >= 15 is 0 Å². The van der Waals surface area contributed by atoms with E-state index in [2.05, 4.69) is 22.0 Å². The molecule has 2 aliphatic rings. The van der Waals surface area contributed by atoms with Crippen molar-refractivity contribution in [2.75, 3.05) is 51.2 Å². The molecule has 2 fully saturated rings. The summed E-state index contributed by atoms with van der Waals surface area (Å²) in [5.74, 6) is 0.777. The number of nitrogens with one attached hydrogen (secondary N) is 1. The lowest BCUT2D eigenvalue weighted by Gasteiger charge is -2.34. The third-order valence-corrected chi connectivity index (χ3v) is 5.94. The lowest BCUT2D eigenvalue weighted by molar-refractivity contribution is 0.0438. The zero-order valence-corrected chi connectivity index (χ0v) is 19.8. The zero-order chi connectivity index (χ0) is 21.0. The molecule has 3 rings (SSSR count). The number of benzene rings is 1. The maximum atomic E-state index is 12.7. The molecule has 176 valence electrons. The van der Waals surface area contributed by atoms with Gasteiger partial charge in [-0.3, -0.25) is 15.1 Å². The first-order valence-corrected chi connectivity index (χ1v) is 11.9. The van der Waals surface area contributed by atoms with Gasteiger partial charge in [-0.05, 0) is 70.4 Å². The monoisotopic (exact) mass is 453 g/mol. The van der Waals surface area contributed by atoms with Crippen LogP contribution < -0.4 is 10.1 Å². The van der Waals surface area contributed by atoms with Gasteiger partial charge in [0.2, 0.25) is 0 Å². The number of anilines is 1. The van der Waals surface area contributed by atoms with Crippen molar-refractivity contribution in [3.63, 3.8) is 0 Å². The molecule has 0 aromatic heterocycles. The van der Waals surface area contributed by atoms with Crippen LogP contribution in [0.3, 0.4) is 0 Å². The number of amides is 1. The Balaban J connectivity index is 0.00000341. The van der Waals surface area contributed by atoms with Crippen LogP contribution in [0.25, 0.3) is 0 Å². The predicted molar refractivity (Wildman–Crippen MR) is 129 cm³/mol. The molecule has 0 saturated carbocycles. The number of carbonyl (C=O) groups excluding carboxylic acids is 1. The Hall–Kier alpha value is -1.50. The minimum absolute atomic E-state index is 0. The third kappa shape index (κ3) is 9.67. The Labute approximate surface area is 194 Å². The second-order valence-electron chi connectivity index (χ2n) is 8.60.